The first kappa shape index (κ1) is 14.7. The van der Waals surface area contributed by atoms with Gasteiger partial charge in [0.05, 0.1) is 20.1 Å². The molecule has 0 aromatic carbocycles. The molecule has 0 saturated heterocycles. The van der Waals surface area contributed by atoms with E-state index in [4.69, 9.17) is 0 Å². The minimum Gasteiger partial charge on any atom is -0.301 e. The fourth-order valence-corrected chi connectivity index (χ4v) is 3.77. The maximum absolute atomic E-state index is 11.5. The Hall–Kier alpha value is -0.700. The van der Waals surface area contributed by atoms with Crippen LogP contribution in [0.15, 0.2) is 21.3 Å². The summed E-state index contributed by atoms with van der Waals surface area (Å²) in [6.07, 6.45) is 0. The molecule has 1 N–H and O–H groups in total. The normalized spacial score (nSPS) is 10.4. The predicted octanol–water partition coefficient (Wildman–Crippen LogP) is 3.85. The smallest absolute Gasteiger partial charge is 0.236 e. The van der Waals surface area contributed by atoms with Gasteiger partial charge >= 0.3 is 0 Å². The molecule has 2 heterocycles. The summed E-state index contributed by atoms with van der Waals surface area (Å²) >= 11 is 7.34. The van der Waals surface area contributed by atoms with Gasteiger partial charge in [0.15, 0.2) is 10.2 Å². The summed E-state index contributed by atoms with van der Waals surface area (Å²) in [6, 6.07) is 3.93. The van der Waals surface area contributed by atoms with Crippen molar-refractivity contribution in [1.29, 1.82) is 0 Å². The lowest BCUT2D eigenvalue weighted by Crippen LogP contribution is -2.14. The number of thiophene rings is 1. The largest absolute Gasteiger partial charge is 0.301 e. The molecule has 8 heteroatoms. The number of hydrogen-bond acceptors (Lipinski definition) is 6. The average molecular weight is 377 g/mol. The fourth-order valence-electron chi connectivity index (χ4n) is 1.22. The Balaban J connectivity index is 1.97. The first-order chi connectivity index (χ1) is 9.04. The zero-order chi connectivity index (χ0) is 13.8. The number of anilines is 1. The third-order valence-corrected chi connectivity index (χ3v) is 5.20. The minimum atomic E-state index is -0.214. The monoisotopic (exact) mass is 376 g/mol. The summed E-state index contributed by atoms with van der Waals surface area (Å²) in [6.45, 7) is 1.44. The maximum Gasteiger partial charge on any atom is 0.236 e. The second kappa shape index (κ2) is 6.65. The fraction of sp³-hybridized carbons (Fsp3) is 0.182. The predicted molar refractivity (Wildman–Crippen MR) is 84.9 cm³/mol. The van der Waals surface area contributed by atoms with E-state index in [1.807, 2.05) is 17.5 Å². The van der Waals surface area contributed by atoms with Gasteiger partial charge in [0.2, 0.25) is 5.91 Å². The van der Waals surface area contributed by atoms with E-state index < -0.39 is 0 Å². The van der Waals surface area contributed by atoms with Crippen molar-refractivity contribution in [1.82, 2.24) is 4.98 Å². The number of rotatable bonds is 4. The highest BCUT2D eigenvalue weighted by molar-refractivity contribution is 9.11. The highest BCUT2D eigenvalue weighted by Crippen LogP contribution is 2.33. The summed E-state index contributed by atoms with van der Waals surface area (Å²) in [5.41, 5.74) is 0.843. The van der Waals surface area contributed by atoms with Gasteiger partial charge in [-0.05, 0) is 28.1 Å². The van der Waals surface area contributed by atoms with Crippen LogP contribution >= 0.6 is 50.4 Å². The van der Waals surface area contributed by atoms with Gasteiger partial charge in [0, 0.05) is 12.3 Å². The molecule has 4 nitrogen and oxygen atoms in total. The first-order valence-corrected chi connectivity index (χ1v) is 8.66. The molecule has 0 spiro atoms. The lowest BCUT2D eigenvalue weighted by atomic mass is 10.4. The molecule has 0 fully saturated rings. The standard InChI is InChI=1S/C11H9BrN2O2S3/c1-6(15)17-5-10(16)14-11-13-7(4-18-11)8-2-3-9(12)19-8/h2-4H,5H2,1H3,(H,13,14,16). The van der Waals surface area contributed by atoms with Crippen LogP contribution in [0.1, 0.15) is 6.92 Å². The molecule has 2 rings (SSSR count). The number of thiazole rings is 1. The van der Waals surface area contributed by atoms with Crippen LogP contribution in [0.2, 0.25) is 0 Å². The Kier molecular flexibility index (Phi) is 5.14. The molecule has 0 atom stereocenters. The van der Waals surface area contributed by atoms with Crippen LogP contribution in [0.3, 0.4) is 0 Å². The molecule has 0 aliphatic rings. The molecular formula is C11H9BrN2O2S3. The van der Waals surface area contributed by atoms with Crippen molar-refractivity contribution in [3.05, 3.63) is 21.3 Å². The van der Waals surface area contributed by atoms with Crippen molar-refractivity contribution in [3.8, 4) is 10.6 Å². The Morgan fingerprint density at radius 3 is 2.89 bits per heavy atom. The highest BCUT2D eigenvalue weighted by Gasteiger charge is 2.10. The molecule has 0 radical (unpaired) electrons. The van der Waals surface area contributed by atoms with Crippen LogP contribution in [-0.2, 0) is 9.59 Å². The van der Waals surface area contributed by atoms with Crippen molar-refractivity contribution in [2.75, 3.05) is 11.1 Å². The van der Waals surface area contributed by atoms with Crippen LogP contribution < -0.4 is 5.32 Å². The van der Waals surface area contributed by atoms with Crippen LogP contribution in [0, 0.1) is 0 Å². The number of carbonyl (C=O) groups is 2. The summed E-state index contributed by atoms with van der Waals surface area (Å²) in [5.74, 6) is -0.0946. The molecule has 0 saturated carbocycles. The molecule has 2 aromatic rings. The second-order valence-electron chi connectivity index (χ2n) is 3.47. The molecular weight excluding hydrogens is 368 g/mol. The first-order valence-electron chi connectivity index (χ1n) is 5.19. The number of aromatic nitrogens is 1. The van der Waals surface area contributed by atoms with Gasteiger partial charge in [0.1, 0.15) is 0 Å². The van der Waals surface area contributed by atoms with Crippen LogP contribution in [0.4, 0.5) is 5.13 Å². The summed E-state index contributed by atoms with van der Waals surface area (Å²) in [4.78, 5) is 27.7. The zero-order valence-electron chi connectivity index (χ0n) is 9.81. The van der Waals surface area contributed by atoms with Gasteiger partial charge in [0.25, 0.3) is 0 Å². The number of hydrogen-bond donors (Lipinski definition) is 1. The second-order valence-corrected chi connectivity index (χ2v) is 7.94. The minimum absolute atomic E-state index is 0.0709. The maximum atomic E-state index is 11.5. The number of carbonyl (C=O) groups excluding carboxylic acids is 2. The molecule has 0 aliphatic carbocycles. The van der Waals surface area contributed by atoms with Crippen molar-refractivity contribution in [3.63, 3.8) is 0 Å². The Labute approximate surface area is 130 Å². The molecule has 2 aromatic heterocycles. The zero-order valence-corrected chi connectivity index (χ0v) is 13.8. The van der Waals surface area contributed by atoms with Gasteiger partial charge in [-0.25, -0.2) is 4.98 Å². The van der Waals surface area contributed by atoms with Crippen molar-refractivity contribution in [2.24, 2.45) is 0 Å². The van der Waals surface area contributed by atoms with E-state index in [9.17, 15) is 9.59 Å². The van der Waals surface area contributed by atoms with Crippen molar-refractivity contribution >= 4 is 66.5 Å². The van der Waals surface area contributed by atoms with Gasteiger partial charge in [-0.2, -0.15) is 0 Å². The molecule has 0 aliphatic heterocycles. The quantitative estimate of drug-likeness (QED) is 0.879. The van der Waals surface area contributed by atoms with Gasteiger partial charge in [-0.3, -0.25) is 9.59 Å². The van der Waals surface area contributed by atoms with E-state index in [2.05, 4.69) is 26.2 Å². The topological polar surface area (TPSA) is 59.1 Å². The third kappa shape index (κ3) is 4.41. The molecule has 100 valence electrons. The number of thioether (sulfide) groups is 1. The SMILES string of the molecule is CC(=O)SCC(=O)Nc1nc(-c2ccc(Br)s2)cs1. The van der Waals surface area contributed by atoms with E-state index in [0.29, 0.717) is 5.13 Å². The average Bonchev–Trinajstić information content (AvgIpc) is 2.95. The Morgan fingerprint density at radius 2 is 2.26 bits per heavy atom. The van der Waals surface area contributed by atoms with Crippen LogP contribution in [0.5, 0.6) is 0 Å². The van der Waals surface area contributed by atoms with Crippen molar-refractivity contribution in [2.45, 2.75) is 6.92 Å². The van der Waals surface area contributed by atoms with Crippen molar-refractivity contribution < 1.29 is 9.59 Å². The molecule has 1 amide bonds. The highest BCUT2D eigenvalue weighted by atomic mass is 79.9. The van der Waals surface area contributed by atoms with E-state index in [-0.39, 0.29) is 16.8 Å². The molecule has 0 bridgehead atoms. The van der Waals surface area contributed by atoms with Crippen LogP contribution in [0.25, 0.3) is 10.6 Å². The van der Waals surface area contributed by atoms with E-state index in [1.165, 1.54) is 18.3 Å². The van der Waals surface area contributed by atoms with E-state index in [1.54, 1.807) is 11.3 Å². The molecule has 0 unspecified atom stereocenters. The van der Waals surface area contributed by atoms with Crippen LogP contribution in [-0.4, -0.2) is 21.8 Å². The number of nitrogens with one attached hydrogen (secondary N) is 1. The third-order valence-electron chi connectivity index (χ3n) is 1.98. The number of halogens is 1. The summed E-state index contributed by atoms with van der Waals surface area (Å²) < 4.78 is 1.04. The van der Waals surface area contributed by atoms with Gasteiger partial charge in [-0.15, -0.1) is 22.7 Å². The lowest BCUT2D eigenvalue weighted by molar-refractivity contribution is -0.114. The van der Waals surface area contributed by atoms with E-state index >= 15 is 0 Å². The summed E-state index contributed by atoms with van der Waals surface area (Å²) in [7, 11) is 0. The Bertz CT molecular complexity index is 609. The summed E-state index contributed by atoms with van der Waals surface area (Å²) in [5, 5.41) is 5.06. The number of amides is 1. The number of nitrogens with zero attached hydrogens (tertiary/aromatic N) is 1. The van der Waals surface area contributed by atoms with E-state index in [0.717, 1.165) is 26.1 Å². The van der Waals surface area contributed by atoms with Gasteiger partial charge in [-0.1, -0.05) is 11.8 Å². The van der Waals surface area contributed by atoms with Gasteiger partial charge < -0.3 is 5.32 Å². The lowest BCUT2D eigenvalue weighted by Gasteiger charge is -1.98. The molecule has 19 heavy (non-hydrogen) atoms. The Morgan fingerprint density at radius 1 is 1.47 bits per heavy atom.